The molecule has 7 heteroatoms. The van der Waals surface area contributed by atoms with Gasteiger partial charge in [-0.1, -0.05) is 17.7 Å². The zero-order valence-electron chi connectivity index (χ0n) is 10.3. The lowest BCUT2D eigenvalue weighted by molar-refractivity contribution is -0.222. The van der Waals surface area contributed by atoms with Crippen molar-refractivity contribution in [3.8, 4) is 0 Å². The average Bonchev–Trinajstić information content (AvgIpc) is 2.26. The molecule has 1 fully saturated rings. The number of nitrogens with zero attached hydrogens (tertiary/aromatic N) is 1. The number of carbonyl (C=O) groups is 2. The van der Waals surface area contributed by atoms with Crippen LogP contribution in [-0.2, 0) is 19.1 Å². The molecule has 0 spiro atoms. The van der Waals surface area contributed by atoms with Gasteiger partial charge in [-0.15, -0.1) is 0 Å². The highest BCUT2D eigenvalue weighted by atomic mass is 35.5. The number of nitrogens with one attached hydrogen (secondary N) is 1. The van der Waals surface area contributed by atoms with Crippen LogP contribution in [0.25, 0.3) is 0 Å². The van der Waals surface area contributed by atoms with E-state index in [2.05, 4.69) is 10.3 Å². The molecular weight excluding hydrogens is 272 g/mol. The molecule has 0 aliphatic carbocycles. The Bertz CT molecular complexity index is 547. The molecule has 1 aliphatic heterocycles. The first kappa shape index (κ1) is 13.4. The van der Waals surface area contributed by atoms with E-state index < -0.39 is 17.7 Å². The van der Waals surface area contributed by atoms with Gasteiger partial charge in [-0.3, -0.25) is 0 Å². The second-order valence-corrected chi connectivity index (χ2v) is 4.61. The van der Waals surface area contributed by atoms with Gasteiger partial charge in [-0.25, -0.2) is 14.6 Å². The Morgan fingerprint density at radius 3 is 2.47 bits per heavy atom. The second kappa shape index (κ2) is 4.89. The molecule has 0 bridgehead atoms. The zero-order chi connectivity index (χ0) is 14.0. The first-order chi connectivity index (χ1) is 8.87. The van der Waals surface area contributed by atoms with Crippen molar-refractivity contribution in [1.82, 2.24) is 4.98 Å². The van der Waals surface area contributed by atoms with Gasteiger partial charge in [0.25, 0.3) is 5.79 Å². The molecule has 2 heterocycles. The molecule has 0 radical (unpaired) electrons. The summed E-state index contributed by atoms with van der Waals surface area (Å²) in [5, 5.41) is 2.97. The summed E-state index contributed by atoms with van der Waals surface area (Å²) >= 11 is 5.71. The van der Waals surface area contributed by atoms with E-state index in [-0.39, 0.29) is 5.57 Å². The number of pyridine rings is 1. The van der Waals surface area contributed by atoms with E-state index in [0.29, 0.717) is 11.0 Å². The van der Waals surface area contributed by atoms with E-state index in [1.165, 1.54) is 20.0 Å². The van der Waals surface area contributed by atoms with Crippen molar-refractivity contribution in [2.24, 2.45) is 0 Å². The minimum absolute atomic E-state index is 0.235. The molecule has 1 N–H and O–H groups in total. The number of halogens is 1. The van der Waals surface area contributed by atoms with Crippen molar-refractivity contribution in [3.05, 3.63) is 35.1 Å². The van der Waals surface area contributed by atoms with Crippen LogP contribution >= 0.6 is 11.6 Å². The summed E-state index contributed by atoms with van der Waals surface area (Å²) in [5.41, 5.74) is -0.235. The molecule has 1 saturated heterocycles. The molecular formula is C12H11ClN2O4. The lowest BCUT2D eigenvalue weighted by Gasteiger charge is -2.29. The standard InChI is InChI=1S/C12H11ClN2O4/c1-12(2)18-10(16)7(11(17)19-12)6-14-9-5-3-4-8(13)15-9/h3-6H,1-2H3,(H,14,15). The van der Waals surface area contributed by atoms with Crippen LogP contribution in [0.1, 0.15) is 13.8 Å². The third kappa shape index (κ3) is 3.23. The topological polar surface area (TPSA) is 77.5 Å². The van der Waals surface area contributed by atoms with Crippen LogP contribution in [0.15, 0.2) is 30.0 Å². The van der Waals surface area contributed by atoms with E-state index in [9.17, 15) is 9.59 Å². The number of esters is 2. The average molecular weight is 283 g/mol. The monoisotopic (exact) mass is 282 g/mol. The summed E-state index contributed by atoms with van der Waals surface area (Å²) < 4.78 is 9.86. The van der Waals surface area contributed by atoms with Crippen molar-refractivity contribution in [3.63, 3.8) is 0 Å². The number of hydrogen-bond donors (Lipinski definition) is 1. The van der Waals surface area contributed by atoms with E-state index in [4.69, 9.17) is 21.1 Å². The van der Waals surface area contributed by atoms with Crippen LogP contribution in [0.2, 0.25) is 5.15 Å². The maximum Gasteiger partial charge on any atom is 0.350 e. The fourth-order valence-corrected chi connectivity index (χ4v) is 1.58. The highest BCUT2D eigenvalue weighted by molar-refractivity contribution is 6.29. The highest BCUT2D eigenvalue weighted by Crippen LogP contribution is 2.22. The minimum atomic E-state index is -1.25. The molecule has 1 aromatic rings. The summed E-state index contributed by atoms with van der Waals surface area (Å²) in [6, 6.07) is 4.91. The summed E-state index contributed by atoms with van der Waals surface area (Å²) in [4.78, 5) is 27.2. The van der Waals surface area contributed by atoms with Crippen LogP contribution in [-0.4, -0.2) is 22.7 Å². The molecule has 0 saturated carbocycles. The number of carbonyl (C=O) groups excluding carboxylic acids is 2. The van der Waals surface area contributed by atoms with Gasteiger partial charge in [0.2, 0.25) is 0 Å². The predicted molar refractivity (Wildman–Crippen MR) is 67.2 cm³/mol. The molecule has 100 valence electrons. The first-order valence-electron chi connectivity index (χ1n) is 5.43. The van der Waals surface area contributed by atoms with Crippen molar-refractivity contribution >= 4 is 29.4 Å². The van der Waals surface area contributed by atoms with Gasteiger partial charge in [0.1, 0.15) is 11.0 Å². The van der Waals surface area contributed by atoms with Gasteiger partial charge in [0.15, 0.2) is 5.57 Å². The Morgan fingerprint density at radius 1 is 1.26 bits per heavy atom. The molecule has 6 nitrogen and oxygen atoms in total. The Kier molecular flexibility index (Phi) is 3.44. The first-order valence-corrected chi connectivity index (χ1v) is 5.81. The van der Waals surface area contributed by atoms with E-state index >= 15 is 0 Å². The third-order valence-electron chi connectivity index (χ3n) is 2.20. The highest BCUT2D eigenvalue weighted by Gasteiger charge is 2.38. The molecule has 1 aliphatic rings. The van der Waals surface area contributed by atoms with Gasteiger partial charge >= 0.3 is 11.9 Å². The number of hydrogen-bond acceptors (Lipinski definition) is 6. The SMILES string of the molecule is CC1(C)OC(=O)C(=CNc2cccc(Cl)n2)C(=O)O1. The normalized spacial score (nSPS) is 17.5. The molecule has 19 heavy (non-hydrogen) atoms. The largest absolute Gasteiger partial charge is 0.419 e. The van der Waals surface area contributed by atoms with E-state index in [1.54, 1.807) is 18.2 Å². The maximum atomic E-state index is 11.6. The van der Waals surface area contributed by atoms with Gasteiger partial charge in [-0.2, -0.15) is 0 Å². The summed E-state index contributed by atoms with van der Waals surface area (Å²) in [7, 11) is 0. The van der Waals surface area contributed by atoms with Crippen LogP contribution in [0.4, 0.5) is 5.82 Å². The molecule has 1 aromatic heterocycles. The predicted octanol–water partition coefficient (Wildman–Crippen LogP) is 1.87. The summed E-state index contributed by atoms with van der Waals surface area (Å²) in [6.45, 7) is 2.96. The quantitative estimate of drug-likeness (QED) is 0.386. The maximum absolute atomic E-state index is 11.6. The van der Waals surface area contributed by atoms with Crippen LogP contribution < -0.4 is 5.32 Å². The Labute approximate surface area is 114 Å². The second-order valence-electron chi connectivity index (χ2n) is 4.23. The molecule has 0 atom stereocenters. The van der Waals surface area contributed by atoms with Gasteiger partial charge in [-0.05, 0) is 12.1 Å². The molecule has 0 amide bonds. The Hall–Kier alpha value is -2.08. The van der Waals surface area contributed by atoms with Crippen molar-refractivity contribution in [2.75, 3.05) is 5.32 Å². The van der Waals surface area contributed by atoms with E-state index in [0.717, 1.165) is 0 Å². The lowest BCUT2D eigenvalue weighted by atomic mass is 10.2. The fourth-order valence-electron chi connectivity index (χ4n) is 1.41. The Balaban J connectivity index is 2.15. The van der Waals surface area contributed by atoms with Crippen molar-refractivity contribution in [2.45, 2.75) is 19.6 Å². The number of ether oxygens (including phenoxy) is 2. The smallest absolute Gasteiger partial charge is 0.350 e. The van der Waals surface area contributed by atoms with Crippen LogP contribution in [0, 0.1) is 0 Å². The number of cyclic esters (lactones) is 2. The fraction of sp³-hybridized carbons (Fsp3) is 0.250. The lowest BCUT2D eigenvalue weighted by Crippen LogP contribution is -2.42. The van der Waals surface area contributed by atoms with Gasteiger partial charge in [0, 0.05) is 20.0 Å². The Morgan fingerprint density at radius 2 is 1.89 bits per heavy atom. The minimum Gasteiger partial charge on any atom is -0.419 e. The number of rotatable bonds is 2. The molecule has 2 rings (SSSR count). The number of anilines is 1. The van der Waals surface area contributed by atoms with Gasteiger partial charge < -0.3 is 14.8 Å². The van der Waals surface area contributed by atoms with Crippen LogP contribution in [0.3, 0.4) is 0 Å². The third-order valence-corrected chi connectivity index (χ3v) is 2.41. The van der Waals surface area contributed by atoms with Crippen molar-refractivity contribution in [1.29, 1.82) is 0 Å². The summed E-state index contributed by atoms with van der Waals surface area (Å²) in [6.07, 6.45) is 1.18. The summed E-state index contributed by atoms with van der Waals surface area (Å²) in [5.74, 6) is -2.36. The van der Waals surface area contributed by atoms with Crippen LogP contribution in [0.5, 0.6) is 0 Å². The zero-order valence-corrected chi connectivity index (χ0v) is 11.0. The van der Waals surface area contributed by atoms with Crippen molar-refractivity contribution < 1.29 is 19.1 Å². The molecule has 0 aromatic carbocycles. The molecule has 0 unspecified atom stereocenters. The number of aromatic nitrogens is 1. The van der Waals surface area contributed by atoms with E-state index in [1.807, 2.05) is 0 Å². The van der Waals surface area contributed by atoms with Gasteiger partial charge in [0.05, 0.1) is 0 Å².